The fourth-order valence-corrected chi connectivity index (χ4v) is 2.42. The molecule has 0 aliphatic heterocycles. The third-order valence-electron chi connectivity index (χ3n) is 1.69. The van der Waals surface area contributed by atoms with E-state index in [2.05, 4.69) is 50.4 Å². The second-order valence-electron chi connectivity index (χ2n) is 4.44. The van der Waals surface area contributed by atoms with Crippen molar-refractivity contribution >= 4 is 28.3 Å². The molecule has 0 atom stereocenters. The van der Waals surface area contributed by atoms with E-state index in [1.807, 2.05) is 6.07 Å². The summed E-state index contributed by atoms with van der Waals surface area (Å²) in [5.41, 5.74) is 1.36. The largest absolute Gasteiger partial charge is 0.366 e. The summed E-state index contributed by atoms with van der Waals surface area (Å²) in [5.74, 6) is 0.933. The number of hydrogen-bond donors (Lipinski definition) is 1. The molecule has 0 unspecified atom stereocenters. The molecule has 1 aromatic rings. The van der Waals surface area contributed by atoms with Gasteiger partial charge < -0.3 is 5.32 Å². The number of thioether (sulfide) groups is 1. The van der Waals surface area contributed by atoms with Gasteiger partial charge in [-0.05, 0) is 26.3 Å². The molecule has 0 aromatic heterocycles. The molecule has 0 fully saturated rings. The van der Waals surface area contributed by atoms with E-state index in [0.29, 0.717) is 0 Å². The van der Waals surface area contributed by atoms with Crippen molar-refractivity contribution in [3.8, 4) is 0 Å². The zero-order valence-electron chi connectivity index (χ0n) is 9.41. The van der Waals surface area contributed by atoms with Crippen LogP contribution in [0.25, 0.3) is 0 Å². The van der Waals surface area contributed by atoms with Gasteiger partial charge in [0, 0.05) is 11.3 Å². The molecule has 3 heteroatoms. The molecular weight excluding hydrogens is 222 g/mol. The van der Waals surface area contributed by atoms with Gasteiger partial charge in [-0.3, -0.25) is 0 Å². The summed E-state index contributed by atoms with van der Waals surface area (Å²) < 4.78 is 0.867. The molecule has 82 valence electrons. The van der Waals surface area contributed by atoms with Crippen LogP contribution in [0.5, 0.6) is 0 Å². The Kier molecular flexibility index (Phi) is 4.61. The predicted octanol–water partition coefficient (Wildman–Crippen LogP) is 3.59. The van der Waals surface area contributed by atoms with Crippen molar-refractivity contribution in [2.24, 2.45) is 0 Å². The van der Waals surface area contributed by atoms with Gasteiger partial charge in [-0.15, -0.1) is 0 Å². The molecule has 0 amide bonds. The number of thiocarbonyl (C=S) groups is 1. The summed E-state index contributed by atoms with van der Waals surface area (Å²) >= 11 is 6.93. The first kappa shape index (κ1) is 12.5. The van der Waals surface area contributed by atoms with Crippen LogP contribution < -0.4 is 5.32 Å². The highest BCUT2D eigenvalue weighted by molar-refractivity contribution is 8.22. The number of benzene rings is 1. The fraction of sp³-hybridized carbons (Fsp3) is 0.417. The van der Waals surface area contributed by atoms with Gasteiger partial charge >= 0.3 is 0 Å². The first-order valence-corrected chi connectivity index (χ1v) is 6.36. The molecule has 0 aliphatic carbocycles. The minimum Gasteiger partial charge on any atom is -0.366 e. The summed E-state index contributed by atoms with van der Waals surface area (Å²) in [6.45, 7) is 6.34. The Morgan fingerprint density at radius 2 is 1.87 bits per heavy atom. The highest BCUT2D eigenvalue weighted by Gasteiger charge is 2.10. The summed E-state index contributed by atoms with van der Waals surface area (Å²) in [6.07, 6.45) is 0. The van der Waals surface area contributed by atoms with Gasteiger partial charge in [-0.2, -0.15) is 0 Å². The summed E-state index contributed by atoms with van der Waals surface area (Å²) in [5, 5.41) is 3.28. The Bertz CT molecular complexity index is 314. The first-order chi connectivity index (χ1) is 6.97. The molecule has 0 aliphatic rings. The minimum absolute atomic E-state index is 0.0563. The van der Waals surface area contributed by atoms with E-state index >= 15 is 0 Å². The molecule has 0 saturated heterocycles. The van der Waals surface area contributed by atoms with Crippen molar-refractivity contribution in [2.45, 2.75) is 32.1 Å². The highest BCUT2D eigenvalue weighted by atomic mass is 32.2. The molecule has 1 rings (SSSR count). The summed E-state index contributed by atoms with van der Waals surface area (Å²) in [7, 11) is 0. The van der Waals surface area contributed by atoms with Crippen molar-refractivity contribution in [1.29, 1.82) is 0 Å². The second-order valence-corrected chi connectivity index (χ2v) is 6.09. The van der Waals surface area contributed by atoms with E-state index in [-0.39, 0.29) is 5.54 Å². The van der Waals surface area contributed by atoms with Crippen molar-refractivity contribution in [1.82, 2.24) is 5.32 Å². The average molecular weight is 239 g/mol. The van der Waals surface area contributed by atoms with Crippen molar-refractivity contribution < 1.29 is 0 Å². The van der Waals surface area contributed by atoms with Crippen molar-refractivity contribution in [2.75, 3.05) is 0 Å². The third kappa shape index (κ3) is 5.80. The molecule has 15 heavy (non-hydrogen) atoms. The third-order valence-corrected chi connectivity index (χ3v) is 2.99. The lowest BCUT2D eigenvalue weighted by Crippen LogP contribution is -2.38. The average Bonchev–Trinajstić information content (AvgIpc) is 2.14. The van der Waals surface area contributed by atoms with Crippen LogP contribution in [0.15, 0.2) is 30.3 Å². The van der Waals surface area contributed by atoms with E-state index in [1.54, 1.807) is 11.8 Å². The topological polar surface area (TPSA) is 12.0 Å². The van der Waals surface area contributed by atoms with E-state index in [9.17, 15) is 0 Å². The molecule has 0 saturated carbocycles. The van der Waals surface area contributed by atoms with Gasteiger partial charge in [0.2, 0.25) is 0 Å². The van der Waals surface area contributed by atoms with Gasteiger partial charge in [0.05, 0.1) is 0 Å². The Labute approximate surface area is 102 Å². The van der Waals surface area contributed by atoms with E-state index in [0.717, 1.165) is 10.1 Å². The lowest BCUT2D eigenvalue weighted by atomic mass is 10.1. The summed E-state index contributed by atoms with van der Waals surface area (Å²) in [6, 6.07) is 10.4. The number of rotatable bonds is 2. The van der Waals surface area contributed by atoms with Crippen LogP contribution in [0.1, 0.15) is 26.3 Å². The Balaban J connectivity index is 2.35. The molecule has 0 spiro atoms. The summed E-state index contributed by atoms with van der Waals surface area (Å²) in [4.78, 5) is 0. The van der Waals surface area contributed by atoms with Gasteiger partial charge in [-0.1, -0.05) is 54.3 Å². The van der Waals surface area contributed by atoms with E-state index < -0.39 is 0 Å². The van der Waals surface area contributed by atoms with Crippen LogP contribution in [-0.4, -0.2) is 9.86 Å². The molecule has 0 bridgehead atoms. The van der Waals surface area contributed by atoms with Crippen LogP contribution in [0.3, 0.4) is 0 Å². The molecule has 1 N–H and O–H groups in total. The smallest absolute Gasteiger partial charge is 0.134 e. The minimum atomic E-state index is 0.0563. The lowest BCUT2D eigenvalue weighted by Gasteiger charge is -2.21. The van der Waals surface area contributed by atoms with Gasteiger partial charge in [0.15, 0.2) is 0 Å². The Hall–Kier alpha value is -0.540. The van der Waals surface area contributed by atoms with Crippen LogP contribution in [0.4, 0.5) is 0 Å². The molecule has 1 aromatic carbocycles. The fourth-order valence-electron chi connectivity index (χ4n) is 1.07. The quantitative estimate of drug-likeness (QED) is 0.792. The van der Waals surface area contributed by atoms with Crippen molar-refractivity contribution in [3.63, 3.8) is 0 Å². The zero-order chi connectivity index (χ0) is 11.3. The molecular formula is C12H17NS2. The van der Waals surface area contributed by atoms with Crippen LogP contribution >= 0.6 is 24.0 Å². The monoisotopic (exact) mass is 239 g/mol. The van der Waals surface area contributed by atoms with Gasteiger partial charge in [-0.25, -0.2) is 0 Å². The Morgan fingerprint density at radius 3 is 2.40 bits per heavy atom. The maximum Gasteiger partial charge on any atom is 0.134 e. The maximum atomic E-state index is 5.25. The maximum absolute atomic E-state index is 5.25. The second kappa shape index (κ2) is 5.52. The zero-order valence-corrected chi connectivity index (χ0v) is 11.0. The SMILES string of the molecule is CC(C)(C)NC(=S)SCc1ccccc1. The molecule has 0 radical (unpaired) electrons. The highest BCUT2D eigenvalue weighted by Crippen LogP contribution is 2.14. The van der Waals surface area contributed by atoms with Crippen LogP contribution in [0.2, 0.25) is 0 Å². The number of hydrogen-bond acceptors (Lipinski definition) is 2. The normalized spacial score (nSPS) is 11.1. The van der Waals surface area contributed by atoms with E-state index in [4.69, 9.17) is 12.2 Å². The van der Waals surface area contributed by atoms with E-state index in [1.165, 1.54) is 5.56 Å². The predicted molar refractivity (Wildman–Crippen MR) is 73.2 cm³/mol. The lowest BCUT2D eigenvalue weighted by molar-refractivity contribution is 0.519. The number of nitrogens with one attached hydrogen (secondary N) is 1. The van der Waals surface area contributed by atoms with Gasteiger partial charge in [0.25, 0.3) is 0 Å². The van der Waals surface area contributed by atoms with Crippen molar-refractivity contribution in [3.05, 3.63) is 35.9 Å². The molecule has 0 heterocycles. The standard InChI is InChI=1S/C12H17NS2/c1-12(2,3)13-11(14)15-9-10-7-5-4-6-8-10/h4-8H,9H2,1-3H3,(H,13,14). The van der Waals surface area contributed by atoms with Gasteiger partial charge in [0.1, 0.15) is 4.32 Å². The first-order valence-electron chi connectivity index (χ1n) is 4.96. The van der Waals surface area contributed by atoms with Crippen LogP contribution in [-0.2, 0) is 5.75 Å². The van der Waals surface area contributed by atoms with Crippen LogP contribution in [0, 0.1) is 0 Å². The molecule has 1 nitrogen and oxygen atoms in total. The Morgan fingerprint density at radius 1 is 1.27 bits per heavy atom.